The van der Waals surface area contributed by atoms with Gasteiger partial charge in [0.25, 0.3) is 5.91 Å². The number of Topliss-reactive ketones (excluding diaryl/α,β-unsaturated/α-hetero) is 1. The predicted octanol–water partition coefficient (Wildman–Crippen LogP) is 4.56. The van der Waals surface area contributed by atoms with Gasteiger partial charge in [-0.05, 0) is 72.7 Å². The molecule has 7 atom stereocenters. The molecule has 12 nitrogen and oxygen atoms in total. The lowest BCUT2D eigenvalue weighted by Crippen LogP contribution is -2.61. The summed E-state index contributed by atoms with van der Waals surface area (Å²) in [5, 5.41) is 8.63. The third-order valence-electron chi connectivity index (χ3n) is 12.3. The maximum atomic E-state index is 14.8. The molecule has 0 aromatic heterocycles. The van der Waals surface area contributed by atoms with Crippen LogP contribution in [0.2, 0.25) is 0 Å². The number of esters is 1. The van der Waals surface area contributed by atoms with E-state index in [0.29, 0.717) is 13.0 Å². The summed E-state index contributed by atoms with van der Waals surface area (Å²) in [5.41, 5.74) is 5.40. The number of ketones is 1. The van der Waals surface area contributed by atoms with Gasteiger partial charge < -0.3 is 31.3 Å². The lowest BCUT2D eigenvalue weighted by molar-refractivity contribution is -0.153. The molecule has 5 N–H and O–H groups in total. The van der Waals surface area contributed by atoms with Crippen molar-refractivity contribution in [2.24, 2.45) is 40.2 Å². The molecule has 1 aromatic carbocycles. The van der Waals surface area contributed by atoms with Gasteiger partial charge in [0.2, 0.25) is 17.6 Å². The van der Waals surface area contributed by atoms with E-state index in [1.54, 1.807) is 11.8 Å². The summed E-state index contributed by atoms with van der Waals surface area (Å²) in [5.74, 6) is -3.34. The fourth-order valence-corrected chi connectivity index (χ4v) is 8.88. The van der Waals surface area contributed by atoms with E-state index in [1.165, 1.54) is 0 Å². The third kappa shape index (κ3) is 8.80. The van der Waals surface area contributed by atoms with Crippen molar-refractivity contribution in [2.45, 2.75) is 136 Å². The zero-order chi connectivity index (χ0) is 38.0. The smallest absolute Gasteiger partial charge is 0.329 e. The van der Waals surface area contributed by atoms with Gasteiger partial charge >= 0.3 is 12.0 Å². The maximum absolute atomic E-state index is 14.8. The SMILES string of the molecule is C[C@H](OC(=O)[C@@H](NC(=O)N[C@H](C(=O)N1C[C@H]2[C@H](CC2(C)C)[C@H]1C(=O)NC(CC1CCC1)C(=O)C(N)=O)C1CCCCC1)C(C)(C)C)c1ccccc1. The van der Waals surface area contributed by atoms with Crippen LogP contribution in [0.1, 0.15) is 117 Å². The zero-order valence-corrected chi connectivity index (χ0v) is 31.7. The Labute approximate surface area is 308 Å². The number of fused-ring (bicyclic) bond motifs is 1. The second-order valence-corrected chi connectivity index (χ2v) is 17.5. The van der Waals surface area contributed by atoms with Crippen LogP contribution in [0.25, 0.3) is 0 Å². The van der Waals surface area contributed by atoms with Gasteiger partial charge in [-0.1, -0.05) is 103 Å². The predicted molar refractivity (Wildman–Crippen MR) is 195 cm³/mol. The normalized spacial score (nSPS) is 25.2. The van der Waals surface area contributed by atoms with Gasteiger partial charge in [0, 0.05) is 6.54 Å². The van der Waals surface area contributed by atoms with Gasteiger partial charge in [0.1, 0.15) is 24.2 Å². The van der Waals surface area contributed by atoms with Gasteiger partial charge in [-0.15, -0.1) is 0 Å². The van der Waals surface area contributed by atoms with Crippen molar-refractivity contribution in [2.75, 3.05) is 6.54 Å². The first-order valence-corrected chi connectivity index (χ1v) is 19.2. The van der Waals surface area contributed by atoms with Crippen molar-refractivity contribution in [3.05, 3.63) is 35.9 Å². The fourth-order valence-electron chi connectivity index (χ4n) is 8.88. The van der Waals surface area contributed by atoms with Crippen molar-refractivity contribution in [1.29, 1.82) is 0 Å². The molecule has 3 saturated carbocycles. The van der Waals surface area contributed by atoms with Crippen LogP contribution in [0.3, 0.4) is 0 Å². The standard InChI is InChI=1S/C40H59N5O7/c1-23(25-16-9-7-10-17-25)52-37(50)33(39(2,3)4)44-38(51)43-30(26-18-11-8-12-19-26)36(49)45-22-28-27(21-40(28,5)6)31(45)35(48)42-29(32(46)34(41)47)20-24-14-13-15-24/h7,9-10,16-17,23-24,26-31,33H,8,11-15,18-22H2,1-6H3,(H2,41,47)(H,42,48)(H2,43,44,51)/t23-,27-,28-,29?,30-,31-,33+/m0/s1. The molecule has 1 aromatic rings. The van der Waals surface area contributed by atoms with Gasteiger partial charge in [-0.3, -0.25) is 19.2 Å². The number of carbonyl (C=O) groups is 6. The Morgan fingerprint density at radius 1 is 0.923 bits per heavy atom. The van der Waals surface area contributed by atoms with Crippen molar-refractivity contribution in [3.63, 3.8) is 0 Å². The molecule has 0 bridgehead atoms. The summed E-state index contributed by atoms with van der Waals surface area (Å²) in [6, 6.07) is 4.83. The number of hydrogen-bond acceptors (Lipinski definition) is 7. The third-order valence-corrected chi connectivity index (χ3v) is 12.3. The number of urea groups is 1. The molecular weight excluding hydrogens is 662 g/mol. The average molecular weight is 722 g/mol. The van der Waals surface area contributed by atoms with Crippen molar-refractivity contribution in [1.82, 2.24) is 20.9 Å². The van der Waals surface area contributed by atoms with Gasteiger partial charge in [0.15, 0.2) is 0 Å². The summed E-state index contributed by atoms with van der Waals surface area (Å²) >= 11 is 0. The maximum Gasteiger partial charge on any atom is 0.329 e. The Balaban J connectivity index is 1.36. The molecule has 0 spiro atoms. The topological polar surface area (TPSA) is 177 Å². The molecule has 5 rings (SSSR count). The van der Waals surface area contributed by atoms with E-state index in [1.807, 2.05) is 51.1 Å². The van der Waals surface area contributed by atoms with Gasteiger partial charge in [-0.2, -0.15) is 0 Å². The van der Waals surface area contributed by atoms with E-state index in [0.717, 1.165) is 63.4 Å². The quantitative estimate of drug-likeness (QED) is 0.171. The van der Waals surface area contributed by atoms with Crippen LogP contribution in [-0.2, 0) is 28.7 Å². The monoisotopic (exact) mass is 721 g/mol. The van der Waals surface area contributed by atoms with Gasteiger partial charge in [0.05, 0.1) is 6.04 Å². The van der Waals surface area contributed by atoms with Crippen molar-refractivity contribution >= 4 is 35.5 Å². The number of primary amides is 1. The molecule has 286 valence electrons. The Bertz CT molecular complexity index is 1500. The molecular formula is C40H59N5O7. The second-order valence-electron chi connectivity index (χ2n) is 17.5. The van der Waals surface area contributed by atoms with E-state index in [-0.39, 0.29) is 35.0 Å². The Morgan fingerprint density at radius 2 is 1.58 bits per heavy atom. The Hall–Kier alpha value is -3.96. The highest BCUT2D eigenvalue weighted by molar-refractivity contribution is 6.37. The molecule has 1 heterocycles. The largest absolute Gasteiger partial charge is 0.456 e. The summed E-state index contributed by atoms with van der Waals surface area (Å²) in [4.78, 5) is 82.8. The lowest BCUT2D eigenvalue weighted by atomic mass is 9.55. The number of rotatable bonds is 13. The first-order valence-electron chi connectivity index (χ1n) is 19.2. The minimum Gasteiger partial charge on any atom is -0.456 e. The fraction of sp³-hybridized carbons (Fsp3) is 0.700. The van der Waals surface area contributed by atoms with Crippen LogP contribution < -0.4 is 21.7 Å². The van der Waals surface area contributed by atoms with E-state index in [9.17, 15) is 28.8 Å². The summed E-state index contributed by atoms with van der Waals surface area (Å²) in [6.45, 7) is 11.9. The first kappa shape index (κ1) is 39.3. The molecule has 1 unspecified atom stereocenters. The van der Waals surface area contributed by atoms with Crippen LogP contribution in [0.5, 0.6) is 0 Å². The van der Waals surface area contributed by atoms with E-state index >= 15 is 0 Å². The van der Waals surface area contributed by atoms with Crippen LogP contribution in [0.4, 0.5) is 4.79 Å². The summed E-state index contributed by atoms with van der Waals surface area (Å²) in [7, 11) is 0. The number of benzene rings is 1. The Kier molecular flexibility index (Phi) is 12.0. The zero-order valence-electron chi connectivity index (χ0n) is 31.7. The molecule has 1 saturated heterocycles. The second kappa shape index (κ2) is 16.0. The Morgan fingerprint density at radius 3 is 2.13 bits per heavy atom. The molecule has 12 heteroatoms. The molecule has 0 radical (unpaired) electrons. The molecule has 1 aliphatic heterocycles. The summed E-state index contributed by atoms with van der Waals surface area (Å²) < 4.78 is 5.81. The number of nitrogens with two attached hydrogens (primary N) is 1. The summed E-state index contributed by atoms with van der Waals surface area (Å²) in [6.07, 6.45) is 7.70. The number of likely N-dealkylation sites (tertiary alicyclic amines) is 1. The van der Waals surface area contributed by atoms with E-state index in [4.69, 9.17) is 10.5 Å². The van der Waals surface area contributed by atoms with Crippen LogP contribution in [0, 0.1) is 34.5 Å². The molecule has 3 aliphatic carbocycles. The molecule has 4 fully saturated rings. The molecule has 52 heavy (non-hydrogen) atoms. The van der Waals surface area contributed by atoms with E-state index < -0.39 is 65.3 Å². The molecule has 5 amide bonds. The number of amides is 5. The minimum atomic E-state index is -1.09. The average Bonchev–Trinajstić information content (AvgIpc) is 3.41. The van der Waals surface area contributed by atoms with Crippen LogP contribution >= 0.6 is 0 Å². The molecule has 4 aliphatic rings. The highest BCUT2D eigenvalue weighted by atomic mass is 16.5. The number of carbonyl (C=O) groups excluding carboxylic acids is 6. The van der Waals surface area contributed by atoms with Crippen LogP contribution in [-0.4, -0.2) is 71.1 Å². The number of hydrogen-bond donors (Lipinski definition) is 4. The number of ether oxygens (including phenoxy) is 1. The number of nitrogens with zero attached hydrogens (tertiary/aromatic N) is 1. The number of nitrogens with one attached hydrogen (secondary N) is 3. The minimum absolute atomic E-state index is 0.0524. The first-order chi connectivity index (χ1) is 24.5. The highest BCUT2D eigenvalue weighted by Crippen LogP contribution is 2.57. The van der Waals surface area contributed by atoms with Crippen molar-refractivity contribution < 1.29 is 33.5 Å². The highest BCUT2D eigenvalue weighted by Gasteiger charge is 2.61. The van der Waals surface area contributed by atoms with Crippen LogP contribution in [0.15, 0.2) is 30.3 Å². The van der Waals surface area contributed by atoms with Crippen molar-refractivity contribution in [3.8, 4) is 0 Å². The lowest BCUT2D eigenvalue weighted by Gasteiger charge is -2.48. The van der Waals surface area contributed by atoms with Gasteiger partial charge in [-0.25, -0.2) is 9.59 Å². The van der Waals surface area contributed by atoms with E-state index in [2.05, 4.69) is 29.8 Å².